The number of benzene rings is 3. The number of ether oxygens (including phenoxy) is 1. The van der Waals surface area contributed by atoms with Crippen molar-refractivity contribution >= 4 is 21.6 Å². The highest BCUT2D eigenvalue weighted by atomic mass is 32.2. The molecule has 3 aromatic carbocycles. The summed E-state index contributed by atoms with van der Waals surface area (Å²) in [6, 6.07) is 22.9. The van der Waals surface area contributed by atoms with E-state index in [0.717, 1.165) is 6.54 Å². The van der Waals surface area contributed by atoms with Crippen LogP contribution in [0.3, 0.4) is 0 Å². The molecule has 0 aliphatic rings. The second-order valence-corrected chi connectivity index (χ2v) is 9.65. The monoisotopic (exact) mass is 467 g/mol. The van der Waals surface area contributed by atoms with Crippen LogP contribution in [-0.2, 0) is 16.6 Å². The number of sulfonamides is 1. The van der Waals surface area contributed by atoms with E-state index in [1.54, 1.807) is 43.5 Å². The molecule has 1 N–H and O–H groups in total. The smallest absolute Gasteiger partial charge is 0.264 e. The Balaban J connectivity index is 1.62. The number of hydrogen-bond acceptors (Lipinski definition) is 5. The van der Waals surface area contributed by atoms with Gasteiger partial charge in [0.05, 0.1) is 17.7 Å². The number of rotatable bonds is 10. The summed E-state index contributed by atoms with van der Waals surface area (Å²) >= 11 is 0. The van der Waals surface area contributed by atoms with E-state index in [1.165, 1.54) is 29.0 Å². The number of nitrogens with zero attached hydrogens (tertiary/aromatic N) is 2. The molecule has 0 heterocycles. The molecule has 0 spiro atoms. The maximum Gasteiger partial charge on any atom is 0.264 e. The summed E-state index contributed by atoms with van der Waals surface area (Å²) in [7, 11) is 1.18. The van der Waals surface area contributed by atoms with E-state index in [2.05, 4.69) is 22.3 Å². The lowest BCUT2D eigenvalue weighted by Gasteiger charge is -2.20. The van der Waals surface area contributed by atoms with Crippen LogP contribution in [0.2, 0.25) is 0 Å². The maximum absolute atomic E-state index is 13.1. The largest absolute Gasteiger partial charge is 0.497 e. The first-order valence-electron chi connectivity index (χ1n) is 10.5. The molecule has 8 heteroatoms. The third-order valence-electron chi connectivity index (χ3n) is 5.27. The molecule has 0 atom stereocenters. The minimum Gasteiger partial charge on any atom is -0.497 e. The van der Waals surface area contributed by atoms with E-state index in [0.29, 0.717) is 30.1 Å². The second kappa shape index (κ2) is 11.0. The molecule has 174 valence electrons. The number of anilines is 1. The summed E-state index contributed by atoms with van der Waals surface area (Å²) in [4.78, 5) is 14.8. The normalized spacial score (nSPS) is 11.3. The Hall–Kier alpha value is -3.36. The van der Waals surface area contributed by atoms with Gasteiger partial charge in [-0.05, 0) is 55.1 Å². The van der Waals surface area contributed by atoms with Gasteiger partial charge in [-0.1, -0.05) is 36.4 Å². The summed E-state index contributed by atoms with van der Waals surface area (Å²) in [6.07, 6.45) is 0. The molecule has 7 nitrogen and oxygen atoms in total. The highest BCUT2D eigenvalue weighted by Crippen LogP contribution is 2.24. The molecule has 1 amide bonds. The summed E-state index contributed by atoms with van der Waals surface area (Å²) < 4.78 is 32.5. The van der Waals surface area contributed by atoms with E-state index in [-0.39, 0.29) is 10.8 Å². The maximum atomic E-state index is 13.1. The molecule has 0 unspecified atom stereocenters. The Bertz CT molecular complexity index is 1170. The highest BCUT2D eigenvalue weighted by molar-refractivity contribution is 7.92. The van der Waals surface area contributed by atoms with Gasteiger partial charge >= 0.3 is 0 Å². The third-order valence-corrected chi connectivity index (χ3v) is 7.05. The van der Waals surface area contributed by atoms with Gasteiger partial charge < -0.3 is 15.0 Å². The number of likely N-dealkylation sites (N-methyl/N-ethyl adjacent to an activating group) is 1. The molecular formula is C25H29N3O4S. The van der Waals surface area contributed by atoms with E-state index in [9.17, 15) is 13.2 Å². The molecule has 3 aromatic rings. The van der Waals surface area contributed by atoms with Crippen LogP contribution in [0.5, 0.6) is 5.75 Å². The molecule has 0 fully saturated rings. The average molecular weight is 468 g/mol. The first-order valence-corrected chi connectivity index (χ1v) is 12.0. The van der Waals surface area contributed by atoms with Crippen molar-refractivity contribution in [3.63, 3.8) is 0 Å². The van der Waals surface area contributed by atoms with Gasteiger partial charge in [0.25, 0.3) is 15.9 Å². The van der Waals surface area contributed by atoms with Crippen molar-refractivity contribution in [3.8, 4) is 5.75 Å². The first-order chi connectivity index (χ1) is 15.8. The lowest BCUT2D eigenvalue weighted by molar-refractivity contribution is 0.0949. The van der Waals surface area contributed by atoms with Crippen LogP contribution in [0.25, 0.3) is 0 Å². The second-order valence-electron chi connectivity index (χ2n) is 7.68. The van der Waals surface area contributed by atoms with Crippen LogP contribution in [0, 0.1) is 0 Å². The lowest BCUT2D eigenvalue weighted by atomic mass is 10.2. The Labute approximate surface area is 195 Å². The van der Waals surface area contributed by atoms with Crippen molar-refractivity contribution in [1.82, 2.24) is 10.2 Å². The highest BCUT2D eigenvalue weighted by Gasteiger charge is 2.22. The van der Waals surface area contributed by atoms with Crippen molar-refractivity contribution in [2.75, 3.05) is 38.6 Å². The molecule has 0 aromatic heterocycles. The van der Waals surface area contributed by atoms with Gasteiger partial charge in [-0.15, -0.1) is 0 Å². The number of hydrogen-bond donors (Lipinski definition) is 1. The van der Waals surface area contributed by atoms with Gasteiger partial charge in [0.2, 0.25) is 0 Å². The van der Waals surface area contributed by atoms with Crippen LogP contribution in [-0.4, -0.2) is 53.5 Å². The number of carbonyl (C=O) groups is 1. The predicted octanol–water partition coefficient (Wildman–Crippen LogP) is 3.38. The third kappa shape index (κ3) is 6.34. The van der Waals surface area contributed by atoms with Crippen molar-refractivity contribution in [1.29, 1.82) is 0 Å². The van der Waals surface area contributed by atoms with E-state index in [1.807, 2.05) is 25.2 Å². The molecule has 0 saturated heterocycles. The molecule has 0 bridgehead atoms. The van der Waals surface area contributed by atoms with Crippen LogP contribution in [0.15, 0.2) is 83.8 Å². The molecule has 0 saturated carbocycles. The number of nitrogens with one attached hydrogen (secondary N) is 1. The zero-order valence-corrected chi connectivity index (χ0v) is 19.9. The van der Waals surface area contributed by atoms with Crippen LogP contribution < -0.4 is 14.4 Å². The molecule has 33 heavy (non-hydrogen) atoms. The molecular weight excluding hydrogens is 438 g/mol. The molecule has 0 aliphatic carbocycles. The Morgan fingerprint density at radius 1 is 0.939 bits per heavy atom. The predicted molar refractivity (Wildman–Crippen MR) is 130 cm³/mol. The summed E-state index contributed by atoms with van der Waals surface area (Å²) in [6.45, 7) is 1.89. The number of amides is 1. The van der Waals surface area contributed by atoms with Crippen LogP contribution in [0.1, 0.15) is 15.9 Å². The molecule has 0 aliphatic heterocycles. The van der Waals surface area contributed by atoms with Gasteiger partial charge in [-0.25, -0.2) is 8.42 Å². The van der Waals surface area contributed by atoms with Gasteiger partial charge in [0, 0.05) is 32.2 Å². The Morgan fingerprint density at radius 2 is 1.64 bits per heavy atom. The van der Waals surface area contributed by atoms with Crippen LogP contribution in [0.4, 0.5) is 5.69 Å². The molecule has 0 radical (unpaired) electrons. The lowest BCUT2D eigenvalue weighted by Crippen LogP contribution is -2.33. The minimum atomic E-state index is -3.83. The van der Waals surface area contributed by atoms with Crippen LogP contribution >= 0.6 is 0 Å². The number of methoxy groups -OCH3 is 1. The van der Waals surface area contributed by atoms with Crippen molar-refractivity contribution in [2.24, 2.45) is 0 Å². The van der Waals surface area contributed by atoms with Crippen molar-refractivity contribution < 1.29 is 17.9 Å². The summed E-state index contributed by atoms with van der Waals surface area (Å²) in [5.74, 6) is 0.324. The van der Waals surface area contributed by atoms with Crippen molar-refractivity contribution in [2.45, 2.75) is 11.4 Å². The first kappa shape index (κ1) is 24.3. The molecule has 3 rings (SSSR count). The standard InChI is InChI=1S/C25H29N3O4S/c1-27(19-20-8-5-4-6-9-20)17-16-26-25(29)21-10-7-11-24(18-21)33(30,31)28(2)22-12-14-23(32-3)15-13-22/h4-15,18H,16-17,19H2,1-3H3,(H,26,29). The minimum absolute atomic E-state index is 0.0506. The zero-order valence-electron chi connectivity index (χ0n) is 19.1. The zero-order chi connectivity index (χ0) is 23.8. The van der Waals surface area contributed by atoms with Crippen molar-refractivity contribution in [3.05, 3.63) is 90.0 Å². The summed E-state index contributed by atoms with van der Waals surface area (Å²) in [5, 5.41) is 2.86. The fourth-order valence-electron chi connectivity index (χ4n) is 3.32. The van der Waals surface area contributed by atoms with Gasteiger partial charge in [-0.3, -0.25) is 9.10 Å². The fraction of sp³-hybridized carbons (Fsp3) is 0.240. The Kier molecular flexibility index (Phi) is 8.08. The number of carbonyl (C=O) groups excluding carboxylic acids is 1. The Morgan fingerprint density at radius 3 is 2.30 bits per heavy atom. The quantitative estimate of drug-likeness (QED) is 0.495. The topological polar surface area (TPSA) is 78.9 Å². The summed E-state index contributed by atoms with van der Waals surface area (Å²) in [5.41, 5.74) is 1.99. The SMILES string of the molecule is COc1ccc(N(C)S(=O)(=O)c2cccc(C(=O)NCCN(C)Cc3ccccc3)c2)cc1. The van der Waals surface area contributed by atoms with Gasteiger partial charge in [0.1, 0.15) is 5.75 Å². The fourth-order valence-corrected chi connectivity index (χ4v) is 4.57. The average Bonchev–Trinajstić information content (AvgIpc) is 2.84. The van der Waals surface area contributed by atoms with E-state index in [4.69, 9.17) is 4.74 Å². The van der Waals surface area contributed by atoms with Gasteiger partial charge in [-0.2, -0.15) is 0 Å². The van der Waals surface area contributed by atoms with Gasteiger partial charge in [0.15, 0.2) is 0 Å². The van der Waals surface area contributed by atoms with E-state index >= 15 is 0 Å². The van der Waals surface area contributed by atoms with E-state index < -0.39 is 10.0 Å².